The van der Waals surface area contributed by atoms with Crippen LogP contribution in [0.2, 0.25) is 0 Å². The first-order valence-electron chi connectivity index (χ1n) is 8.30. The maximum atomic E-state index is 14.0. The average molecular weight is 404 g/mol. The molecule has 2 N–H and O–H groups in total. The minimum Gasteiger partial charge on any atom is -0.346 e. The van der Waals surface area contributed by atoms with Gasteiger partial charge in [0.2, 0.25) is 0 Å². The van der Waals surface area contributed by atoms with E-state index in [9.17, 15) is 22.4 Å². The lowest BCUT2D eigenvalue weighted by Gasteiger charge is -2.14. The molecule has 0 saturated carbocycles. The van der Waals surface area contributed by atoms with E-state index in [0.717, 1.165) is 18.2 Å². The minimum absolute atomic E-state index is 0.0893. The topological polar surface area (TPSA) is 88.5 Å². The zero-order valence-electron chi connectivity index (χ0n) is 14.5. The SMILES string of the molecule is O=C(NCc1c(F)cccc1C(F)(F)F)c1nc(-n2ccnc2)cc2cn[nH]c12. The van der Waals surface area contributed by atoms with E-state index in [4.69, 9.17) is 0 Å². The number of imidazole rings is 1. The fourth-order valence-corrected chi connectivity index (χ4v) is 2.88. The third kappa shape index (κ3) is 3.53. The van der Waals surface area contributed by atoms with Gasteiger partial charge in [0.1, 0.15) is 18.0 Å². The van der Waals surface area contributed by atoms with Gasteiger partial charge >= 0.3 is 6.18 Å². The minimum atomic E-state index is -4.75. The third-order valence-corrected chi connectivity index (χ3v) is 4.25. The molecule has 148 valence electrons. The zero-order valence-corrected chi connectivity index (χ0v) is 14.5. The van der Waals surface area contributed by atoms with Crippen LogP contribution in [0.5, 0.6) is 0 Å². The lowest BCUT2D eigenvalue weighted by atomic mass is 10.1. The Morgan fingerprint density at radius 1 is 1.28 bits per heavy atom. The molecular formula is C18H12F4N6O. The van der Waals surface area contributed by atoms with Gasteiger partial charge in [0.05, 0.1) is 17.3 Å². The first-order chi connectivity index (χ1) is 13.8. The number of nitrogens with zero attached hydrogens (tertiary/aromatic N) is 4. The Balaban J connectivity index is 1.67. The quantitative estimate of drug-likeness (QED) is 0.511. The first kappa shape index (κ1) is 18.6. The van der Waals surface area contributed by atoms with Gasteiger partial charge < -0.3 is 5.32 Å². The van der Waals surface area contributed by atoms with Crippen LogP contribution in [0.3, 0.4) is 0 Å². The van der Waals surface area contributed by atoms with Crippen molar-refractivity contribution >= 4 is 16.8 Å². The number of aromatic nitrogens is 5. The van der Waals surface area contributed by atoms with E-state index >= 15 is 0 Å². The number of hydrogen-bond acceptors (Lipinski definition) is 4. The summed E-state index contributed by atoms with van der Waals surface area (Å²) >= 11 is 0. The summed E-state index contributed by atoms with van der Waals surface area (Å²) in [5.41, 5.74) is -1.59. The number of benzene rings is 1. The van der Waals surface area contributed by atoms with Crippen molar-refractivity contribution in [1.82, 2.24) is 30.0 Å². The maximum absolute atomic E-state index is 14.0. The third-order valence-electron chi connectivity index (χ3n) is 4.25. The average Bonchev–Trinajstić information content (AvgIpc) is 3.36. The molecule has 11 heteroatoms. The van der Waals surface area contributed by atoms with Gasteiger partial charge in [-0.2, -0.15) is 18.3 Å². The van der Waals surface area contributed by atoms with E-state index in [0.29, 0.717) is 16.7 Å². The molecule has 0 radical (unpaired) electrons. The maximum Gasteiger partial charge on any atom is 0.416 e. The Labute approximate surface area is 160 Å². The molecule has 0 bridgehead atoms. The van der Waals surface area contributed by atoms with Crippen molar-refractivity contribution in [2.45, 2.75) is 12.7 Å². The molecule has 0 saturated heterocycles. The number of halogens is 4. The molecule has 0 spiro atoms. The van der Waals surface area contributed by atoms with Crippen LogP contribution in [-0.4, -0.2) is 30.6 Å². The lowest BCUT2D eigenvalue weighted by molar-refractivity contribution is -0.138. The molecule has 0 fully saturated rings. The van der Waals surface area contributed by atoms with Gasteiger partial charge in [0.15, 0.2) is 5.69 Å². The van der Waals surface area contributed by atoms with Crippen LogP contribution < -0.4 is 5.32 Å². The summed E-state index contributed by atoms with van der Waals surface area (Å²) in [6.45, 7) is -0.660. The van der Waals surface area contributed by atoms with Crippen LogP contribution in [0.4, 0.5) is 17.6 Å². The van der Waals surface area contributed by atoms with E-state index in [1.807, 2.05) is 0 Å². The van der Waals surface area contributed by atoms with Crippen molar-refractivity contribution in [2.75, 3.05) is 0 Å². The van der Waals surface area contributed by atoms with E-state index in [2.05, 4.69) is 25.5 Å². The number of carbonyl (C=O) groups is 1. The molecule has 4 rings (SSSR count). The summed E-state index contributed by atoms with van der Waals surface area (Å²) in [6, 6.07) is 4.29. The van der Waals surface area contributed by atoms with Crippen molar-refractivity contribution in [2.24, 2.45) is 0 Å². The Bertz CT molecular complexity index is 1180. The first-order valence-corrected chi connectivity index (χ1v) is 8.30. The predicted octanol–water partition coefficient (Wildman–Crippen LogP) is 3.23. The highest BCUT2D eigenvalue weighted by atomic mass is 19.4. The van der Waals surface area contributed by atoms with E-state index in [1.54, 1.807) is 16.8 Å². The molecule has 29 heavy (non-hydrogen) atoms. The number of hydrogen-bond donors (Lipinski definition) is 2. The smallest absolute Gasteiger partial charge is 0.346 e. The number of rotatable bonds is 4. The van der Waals surface area contributed by atoms with Crippen LogP contribution in [-0.2, 0) is 12.7 Å². The molecule has 7 nitrogen and oxygen atoms in total. The molecule has 0 unspecified atom stereocenters. The molecule has 0 atom stereocenters. The van der Waals surface area contributed by atoms with Gasteiger partial charge in [-0.05, 0) is 18.2 Å². The second kappa shape index (κ2) is 7.00. The Hall–Kier alpha value is -3.76. The summed E-state index contributed by atoms with van der Waals surface area (Å²) in [6.07, 6.45) is 1.35. The number of alkyl halides is 3. The highest BCUT2D eigenvalue weighted by Crippen LogP contribution is 2.33. The predicted molar refractivity (Wildman–Crippen MR) is 93.6 cm³/mol. The number of amides is 1. The van der Waals surface area contributed by atoms with Crippen molar-refractivity contribution in [3.8, 4) is 5.82 Å². The Morgan fingerprint density at radius 3 is 2.83 bits per heavy atom. The van der Waals surface area contributed by atoms with Crippen LogP contribution in [0.15, 0.2) is 49.2 Å². The van der Waals surface area contributed by atoms with Crippen molar-refractivity contribution < 1.29 is 22.4 Å². The molecule has 3 heterocycles. The zero-order chi connectivity index (χ0) is 20.6. The number of fused-ring (bicyclic) bond motifs is 1. The summed E-state index contributed by atoms with van der Waals surface area (Å²) < 4.78 is 55.0. The number of nitrogens with one attached hydrogen (secondary N) is 2. The fourth-order valence-electron chi connectivity index (χ4n) is 2.88. The van der Waals surface area contributed by atoms with Crippen molar-refractivity contribution in [3.63, 3.8) is 0 Å². The highest BCUT2D eigenvalue weighted by Gasteiger charge is 2.34. The molecule has 0 aliphatic rings. The molecule has 1 aromatic carbocycles. The molecular weight excluding hydrogens is 392 g/mol. The summed E-state index contributed by atoms with van der Waals surface area (Å²) in [4.78, 5) is 20.8. The van der Waals surface area contributed by atoms with E-state index < -0.39 is 35.6 Å². The summed E-state index contributed by atoms with van der Waals surface area (Å²) in [5, 5.41) is 9.38. The normalized spacial score (nSPS) is 11.7. The number of carbonyl (C=O) groups excluding carboxylic acids is 1. The van der Waals surface area contributed by atoms with Gasteiger partial charge in [-0.15, -0.1) is 0 Å². The van der Waals surface area contributed by atoms with Gasteiger partial charge in [-0.3, -0.25) is 14.5 Å². The van der Waals surface area contributed by atoms with Crippen molar-refractivity contribution in [3.05, 3.63) is 71.8 Å². The molecule has 0 aliphatic carbocycles. The summed E-state index contributed by atoms with van der Waals surface area (Å²) in [5.74, 6) is -1.48. The molecule has 4 aromatic rings. The Morgan fingerprint density at radius 2 is 2.10 bits per heavy atom. The molecule has 3 aromatic heterocycles. The molecule has 0 aliphatic heterocycles. The van der Waals surface area contributed by atoms with Crippen LogP contribution >= 0.6 is 0 Å². The largest absolute Gasteiger partial charge is 0.416 e. The number of H-pyrrole nitrogens is 1. The highest BCUT2D eigenvalue weighted by molar-refractivity contribution is 6.04. The monoisotopic (exact) mass is 404 g/mol. The fraction of sp³-hybridized carbons (Fsp3) is 0.111. The second-order valence-corrected chi connectivity index (χ2v) is 6.08. The van der Waals surface area contributed by atoms with E-state index in [1.165, 1.54) is 18.7 Å². The van der Waals surface area contributed by atoms with Gasteiger partial charge in [-0.25, -0.2) is 14.4 Å². The van der Waals surface area contributed by atoms with Crippen LogP contribution in [0.1, 0.15) is 21.6 Å². The van der Waals surface area contributed by atoms with Gasteiger partial charge in [0.25, 0.3) is 5.91 Å². The molecule has 1 amide bonds. The number of aromatic amines is 1. The second-order valence-electron chi connectivity index (χ2n) is 6.08. The summed E-state index contributed by atoms with van der Waals surface area (Å²) in [7, 11) is 0. The Kier molecular flexibility index (Phi) is 4.49. The lowest BCUT2D eigenvalue weighted by Crippen LogP contribution is -2.26. The number of pyridine rings is 1. The van der Waals surface area contributed by atoms with Crippen molar-refractivity contribution in [1.29, 1.82) is 0 Å². The van der Waals surface area contributed by atoms with Gasteiger partial charge in [0, 0.05) is 29.9 Å². The van der Waals surface area contributed by atoms with Crippen LogP contribution in [0, 0.1) is 5.82 Å². The van der Waals surface area contributed by atoms with Gasteiger partial charge in [-0.1, -0.05) is 6.07 Å². The van der Waals surface area contributed by atoms with Crippen LogP contribution in [0.25, 0.3) is 16.7 Å². The van der Waals surface area contributed by atoms with E-state index in [-0.39, 0.29) is 5.69 Å². The standard InChI is InChI=1S/C18H12F4N6O/c19-13-3-1-2-12(18(20,21)22)11(13)8-24-17(29)16-15-10(7-25-27-15)6-14(26-16)28-5-4-23-9-28/h1-7,9H,8H2,(H,24,29)(H,25,27).